The SMILES string of the molecule is O=C(Cc1ccccc1C(F)(F)F)Nc1cccc2cccnc12. The zero-order valence-electron chi connectivity index (χ0n) is 12.5. The lowest BCUT2D eigenvalue weighted by Crippen LogP contribution is -2.18. The molecule has 3 aromatic rings. The molecular formula is C18H13F3N2O. The molecule has 0 saturated carbocycles. The standard InChI is InChI=1S/C18H13F3N2O/c19-18(20,21)14-8-2-1-5-13(14)11-16(24)23-15-9-3-6-12-7-4-10-22-17(12)15/h1-10H,11H2,(H,23,24). The van der Waals surface area contributed by atoms with Crippen LogP contribution in [0.25, 0.3) is 10.9 Å². The molecule has 6 heteroatoms. The van der Waals surface area contributed by atoms with E-state index in [1.165, 1.54) is 18.2 Å². The van der Waals surface area contributed by atoms with E-state index in [9.17, 15) is 18.0 Å². The molecule has 0 bridgehead atoms. The summed E-state index contributed by atoms with van der Waals surface area (Å²) < 4.78 is 39.0. The minimum absolute atomic E-state index is 0.0595. The Morgan fingerprint density at radius 1 is 1.00 bits per heavy atom. The van der Waals surface area contributed by atoms with Crippen molar-refractivity contribution in [3.63, 3.8) is 0 Å². The number of halogens is 3. The van der Waals surface area contributed by atoms with Crippen LogP contribution < -0.4 is 5.32 Å². The number of anilines is 1. The summed E-state index contributed by atoms with van der Waals surface area (Å²) in [6.07, 6.45) is -3.26. The van der Waals surface area contributed by atoms with Crippen molar-refractivity contribution in [3.8, 4) is 0 Å². The van der Waals surface area contributed by atoms with Crippen LogP contribution >= 0.6 is 0 Å². The van der Waals surface area contributed by atoms with Gasteiger partial charge in [-0.15, -0.1) is 0 Å². The largest absolute Gasteiger partial charge is 0.416 e. The highest BCUT2D eigenvalue weighted by molar-refractivity contribution is 6.00. The molecule has 0 radical (unpaired) electrons. The van der Waals surface area contributed by atoms with Crippen molar-refractivity contribution in [3.05, 3.63) is 71.9 Å². The minimum Gasteiger partial charge on any atom is -0.324 e. The molecule has 3 rings (SSSR count). The van der Waals surface area contributed by atoms with Crippen molar-refractivity contribution < 1.29 is 18.0 Å². The average Bonchev–Trinajstić information content (AvgIpc) is 2.54. The van der Waals surface area contributed by atoms with Crippen LogP contribution in [0.5, 0.6) is 0 Å². The number of carbonyl (C=O) groups is 1. The second-order valence-electron chi connectivity index (χ2n) is 5.26. The van der Waals surface area contributed by atoms with Crippen molar-refractivity contribution in [2.45, 2.75) is 12.6 Å². The number of carbonyl (C=O) groups excluding carboxylic acids is 1. The number of para-hydroxylation sites is 1. The van der Waals surface area contributed by atoms with E-state index in [2.05, 4.69) is 10.3 Å². The van der Waals surface area contributed by atoms with Gasteiger partial charge in [-0.1, -0.05) is 36.4 Å². The maximum Gasteiger partial charge on any atom is 0.416 e. The van der Waals surface area contributed by atoms with E-state index in [1.54, 1.807) is 24.4 Å². The summed E-state index contributed by atoms with van der Waals surface area (Å²) in [5.74, 6) is -0.523. The highest BCUT2D eigenvalue weighted by atomic mass is 19.4. The zero-order chi connectivity index (χ0) is 17.2. The number of amides is 1. The lowest BCUT2D eigenvalue weighted by molar-refractivity contribution is -0.138. The van der Waals surface area contributed by atoms with Gasteiger partial charge in [0.25, 0.3) is 0 Å². The number of pyridine rings is 1. The van der Waals surface area contributed by atoms with Gasteiger partial charge in [-0.3, -0.25) is 9.78 Å². The van der Waals surface area contributed by atoms with Crippen LogP contribution in [0.2, 0.25) is 0 Å². The third kappa shape index (κ3) is 3.37. The van der Waals surface area contributed by atoms with Crippen molar-refractivity contribution in [1.29, 1.82) is 0 Å². The van der Waals surface area contributed by atoms with Gasteiger partial charge in [0, 0.05) is 11.6 Å². The second-order valence-corrected chi connectivity index (χ2v) is 5.26. The first-order valence-electron chi connectivity index (χ1n) is 7.24. The molecule has 2 aromatic carbocycles. The average molecular weight is 330 g/mol. The Morgan fingerprint density at radius 2 is 1.75 bits per heavy atom. The van der Waals surface area contributed by atoms with E-state index in [4.69, 9.17) is 0 Å². The molecular weight excluding hydrogens is 317 g/mol. The lowest BCUT2D eigenvalue weighted by atomic mass is 10.0. The van der Waals surface area contributed by atoms with E-state index >= 15 is 0 Å². The number of benzene rings is 2. The maximum atomic E-state index is 13.0. The third-order valence-electron chi connectivity index (χ3n) is 3.58. The molecule has 0 aliphatic rings. The summed E-state index contributed by atoms with van der Waals surface area (Å²) in [6.45, 7) is 0. The van der Waals surface area contributed by atoms with Crippen LogP contribution in [0.4, 0.5) is 18.9 Å². The molecule has 0 fully saturated rings. The minimum atomic E-state index is -4.49. The normalized spacial score (nSPS) is 11.5. The summed E-state index contributed by atoms with van der Waals surface area (Å²) in [4.78, 5) is 16.4. The summed E-state index contributed by atoms with van der Waals surface area (Å²) in [5.41, 5.74) is 0.215. The molecule has 0 aliphatic carbocycles. The van der Waals surface area contributed by atoms with Gasteiger partial charge < -0.3 is 5.32 Å². The molecule has 3 nitrogen and oxygen atoms in total. The predicted molar refractivity (Wildman–Crippen MR) is 85.5 cm³/mol. The van der Waals surface area contributed by atoms with Gasteiger partial charge in [0.15, 0.2) is 0 Å². The van der Waals surface area contributed by atoms with E-state index in [0.29, 0.717) is 11.2 Å². The first-order chi connectivity index (χ1) is 11.4. The van der Waals surface area contributed by atoms with Crippen molar-refractivity contribution >= 4 is 22.5 Å². The van der Waals surface area contributed by atoms with Gasteiger partial charge in [-0.2, -0.15) is 13.2 Å². The first kappa shape index (κ1) is 16.0. The van der Waals surface area contributed by atoms with Gasteiger partial charge in [0.2, 0.25) is 5.91 Å². The van der Waals surface area contributed by atoms with Gasteiger partial charge in [0.1, 0.15) is 0 Å². The quantitative estimate of drug-likeness (QED) is 0.772. The number of fused-ring (bicyclic) bond motifs is 1. The molecule has 1 N–H and O–H groups in total. The van der Waals surface area contributed by atoms with E-state index in [1.807, 2.05) is 12.1 Å². The Hall–Kier alpha value is -2.89. The number of rotatable bonds is 3. The summed E-state index contributed by atoms with van der Waals surface area (Å²) in [7, 11) is 0. The van der Waals surface area contributed by atoms with Crippen LogP contribution in [0.15, 0.2) is 60.8 Å². The molecule has 1 amide bonds. The number of nitrogens with one attached hydrogen (secondary N) is 1. The second kappa shape index (κ2) is 6.31. The fraction of sp³-hybridized carbons (Fsp3) is 0.111. The maximum absolute atomic E-state index is 13.0. The molecule has 0 spiro atoms. The van der Waals surface area contributed by atoms with E-state index in [-0.39, 0.29) is 12.0 Å². The predicted octanol–water partition coefficient (Wildman–Crippen LogP) is 4.43. The van der Waals surface area contributed by atoms with Gasteiger partial charge in [-0.05, 0) is 23.8 Å². The van der Waals surface area contributed by atoms with Gasteiger partial charge >= 0.3 is 6.18 Å². The topological polar surface area (TPSA) is 42.0 Å². The van der Waals surface area contributed by atoms with Crippen LogP contribution in [-0.2, 0) is 17.4 Å². The lowest BCUT2D eigenvalue weighted by Gasteiger charge is -2.13. The summed E-state index contributed by atoms with van der Waals surface area (Å²) >= 11 is 0. The highest BCUT2D eigenvalue weighted by Crippen LogP contribution is 2.32. The van der Waals surface area contributed by atoms with Gasteiger partial charge in [-0.25, -0.2) is 0 Å². The van der Waals surface area contributed by atoms with Crippen LogP contribution in [0, 0.1) is 0 Å². The molecule has 0 saturated heterocycles. The number of hydrogen-bond donors (Lipinski definition) is 1. The number of nitrogens with zero attached hydrogens (tertiary/aromatic N) is 1. The monoisotopic (exact) mass is 330 g/mol. The summed E-state index contributed by atoms with van der Waals surface area (Å²) in [5, 5.41) is 3.48. The smallest absolute Gasteiger partial charge is 0.324 e. The Kier molecular flexibility index (Phi) is 4.20. The van der Waals surface area contributed by atoms with Gasteiger partial charge in [0.05, 0.1) is 23.2 Å². The molecule has 0 unspecified atom stereocenters. The third-order valence-corrected chi connectivity index (χ3v) is 3.58. The molecule has 0 atom stereocenters. The fourth-order valence-electron chi connectivity index (χ4n) is 2.52. The van der Waals surface area contributed by atoms with Crippen molar-refractivity contribution in [2.24, 2.45) is 0 Å². The zero-order valence-corrected chi connectivity index (χ0v) is 12.5. The fourth-order valence-corrected chi connectivity index (χ4v) is 2.52. The highest BCUT2D eigenvalue weighted by Gasteiger charge is 2.33. The molecule has 0 aliphatic heterocycles. The number of alkyl halides is 3. The Bertz CT molecular complexity index is 885. The first-order valence-corrected chi connectivity index (χ1v) is 7.24. The molecule has 122 valence electrons. The summed E-state index contributed by atoms with van der Waals surface area (Å²) in [6, 6.07) is 14.0. The van der Waals surface area contributed by atoms with Crippen LogP contribution in [0.3, 0.4) is 0 Å². The van der Waals surface area contributed by atoms with E-state index < -0.39 is 17.6 Å². The van der Waals surface area contributed by atoms with Crippen molar-refractivity contribution in [1.82, 2.24) is 4.98 Å². The van der Waals surface area contributed by atoms with Crippen molar-refractivity contribution in [2.75, 3.05) is 5.32 Å². The van der Waals surface area contributed by atoms with E-state index in [0.717, 1.165) is 11.5 Å². The molecule has 1 heterocycles. The Labute approximate surface area is 136 Å². The number of hydrogen-bond acceptors (Lipinski definition) is 2. The number of aromatic nitrogens is 1. The Balaban J connectivity index is 1.84. The van der Waals surface area contributed by atoms with Crippen LogP contribution in [-0.4, -0.2) is 10.9 Å². The molecule has 24 heavy (non-hydrogen) atoms. The van der Waals surface area contributed by atoms with Crippen LogP contribution in [0.1, 0.15) is 11.1 Å². The Morgan fingerprint density at radius 3 is 2.54 bits per heavy atom. The molecule has 1 aromatic heterocycles.